The van der Waals surface area contributed by atoms with Crippen LogP contribution >= 0.6 is 0 Å². The lowest BCUT2D eigenvalue weighted by Crippen LogP contribution is -2.09. The van der Waals surface area contributed by atoms with Crippen LogP contribution in [0.25, 0.3) is 22.3 Å². The first-order chi connectivity index (χ1) is 21.1. The third kappa shape index (κ3) is 5.69. The number of hydrogen-bond acceptors (Lipinski definition) is 4. The largest absolute Gasteiger partial charge is 0.327 e. The van der Waals surface area contributed by atoms with Crippen LogP contribution in [0.2, 0.25) is 0 Å². The SMILES string of the molecule is CC=[N+](c1ccccn1)c1c(C)cc(-c2cc([N+](=O)[O-])cc(-c3cc(C)c([N+](=CC)c4ccccn4)c(C)c3)c2C)cc1C. The van der Waals surface area contributed by atoms with Crippen molar-refractivity contribution >= 4 is 41.1 Å². The maximum absolute atomic E-state index is 12.2. The molecule has 0 N–H and O–H groups in total. The fourth-order valence-electron chi connectivity index (χ4n) is 6.13. The second-order valence-electron chi connectivity index (χ2n) is 11.0. The Morgan fingerprint density at radius 2 is 1.00 bits per heavy atom. The van der Waals surface area contributed by atoms with E-state index in [1.807, 2.05) is 69.6 Å². The molecule has 0 atom stereocenters. The molecule has 0 saturated heterocycles. The van der Waals surface area contributed by atoms with Crippen molar-refractivity contribution in [3.63, 3.8) is 0 Å². The van der Waals surface area contributed by atoms with Crippen LogP contribution in [-0.4, -0.2) is 27.3 Å². The Morgan fingerprint density at radius 3 is 1.30 bits per heavy atom. The number of aryl methyl sites for hydroxylation is 4. The van der Waals surface area contributed by atoms with E-state index in [-0.39, 0.29) is 10.6 Å². The highest BCUT2D eigenvalue weighted by Gasteiger charge is 2.23. The zero-order valence-electron chi connectivity index (χ0n) is 26.3. The number of rotatable bonds is 7. The second kappa shape index (κ2) is 12.5. The average Bonchev–Trinajstić information content (AvgIpc) is 3.01. The van der Waals surface area contributed by atoms with Gasteiger partial charge in [-0.1, -0.05) is 12.1 Å². The maximum Gasteiger partial charge on any atom is 0.327 e. The van der Waals surface area contributed by atoms with Gasteiger partial charge in [0.05, 0.1) is 17.4 Å². The van der Waals surface area contributed by atoms with Gasteiger partial charge in [-0.25, -0.2) is 9.15 Å². The summed E-state index contributed by atoms with van der Waals surface area (Å²) < 4.78 is 4.16. The van der Waals surface area contributed by atoms with Crippen molar-refractivity contribution in [2.75, 3.05) is 0 Å². The molecular formula is C37H37N5O2+2. The van der Waals surface area contributed by atoms with Crippen LogP contribution in [-0.2, 0) is 0 Å². The van der Waals surface area contributed by atoms with Gasteiger partial charge in [0.15, 0.2) is 0 Å². The van der Waals surface area contributed by atoms with Gasteiger partial charge in [0.2, 0.25) is 0 Å². The van der Waals surface area contributed by atoms with Crippen LogP contribution in [0.1, 0.15) is 41.7 Å². The highest BCUT2D eigenvalue weighted by atomic mass is 16.6. The molecule has 0 saturated carbocycles. The Kier molecular flexibility index (Phi) is 8.58. The van der Waals surface area contributed by atoms with Gasteiger partial charge in [-0.15, -0.1) is 0 Å². The molecule has 0 radical (unpaired) electrons. The zero-order chi connectivity index (χ0) is 31.5. The van der Waals surface area contributed by atoms with Crippen LogP contribution in [0.4, 0.5) is 28.7 Å². The molecule has 0 amide bonds. The van der Waals surface area contributed by atoms with Crippen molar-refractivity contribution in [2.45, 2.75) is 48.5 Å². The van der Waals surface area contributed by atoms with Gasteiger partial charge in [0, 0.05) is 24.3 Å². The van der Waals surface area contributed by atoms with E-state index in [1.54, 1.807) is 24.5 Å². The molecule has 0 aliphatic carbocycles. The first kappa shape index (κ1) is 30.2. The molecule has 44 heavy (non-hydrogen) atoms. The van der Waals surface area contributed by atoms with Gasteiger partial charge in [-0.3, -0.25) is 10.1 Å². The van der Waals surface area contributed by atoms with Gasteiger partial charge >= 0.3 is 11.6 Å². The highest BCUT2D eigenvalue weighted by Crippen LogP contribution is 2.40. The third-order valence-corrected chi connectivity index (χ3v) is 8.00. The Morgan fingerprint density at radius 1 is 0.614 bits per heavy atom. The molecule has 0 aliphatic heterocycles. The van der Waals surface area contributed by atoms with Gasteiger partial charge in [0.1, 0.15) is 23.8 Å². The number of nitrogens with zero attached hydrogens (tertiary/aromatic N) is 5. The smallest absolute Gasteiger partial charge is 0.258 e. The number of nitro groups is 1. The van der Waals surface area contributed by atoms with Gasteiger partial charge in [-0.05, 0) is 145 Å². The Bertz CT molecular complexity index is 1770. The third-order valence-electron chi connectivity index (χ3n) is 8.00. The number of nitro benzene ring substituents is 1. The summed E-state index contributed by atoms with van der Waals surface area (Å²) >= 11 is 0. The van der Waals surface area contributed by atoms with E-state index in [1.165, 1.54) is 0 Å². The first-order valence-electron chi connectivity index (χ1n) is 14.7. The van der Waals surface area contributed by atoms with E-state index in [0.717, 1.165) is 73.1 Å². The number of non-ortho nitro benzene ring substituents is 1. The minimum absolute atomic E-state index is 0.0633. The van der Waals surface area contributed by atoms with E-state index in [4.69, 9.17) is 0 Å². The summed E-state index contributed by atoms with van der Waals surface area (Å²) in [6, 6.07) is 23.5. The minimum atomic E-state index is -0.307. The number of pyridine rings is 2. The van der Waals surface area contributed by atoms with Crippen LogP contribution in [0.3, 0.4) is 0 Å². The summed E-state index contributed by atoms with van der Waals surface area (Å²) in [4.78, 5) is 21.0. The summed E-state index contributed by atoms with van der Waals surface area (Å²) in [5.41, 5.74) is 10.9. The average molecular weight is 584 g/mol. The predicted molar refractivity (Wildman–Crippen MR) is 183 cm³/mol. The molecule has 0 bridgehead atoms. The Labute approximate surface area is 258 Å². The minimum Gasteiger partial charge on any atom is -0.258 e. The molecule has 7 heteroatoms. The molecule has 3 aromatic carbocycles. The molecule has 0 unspecified atom stereocenters. The van der Waals surface area contributed by atoms with Crippen molar-refractivity contribution in [3.05, 3.63) is 123 Å². The fraction of sp³-hybridized carbons (Fsp3) is 0.189. The van der Waals surface area contributed by atoms with Crippen LogP contribution in [0.15, 0.2) is 85.2 Å². The van der Waals surface area contributed by atoms with E-state index in [2.05, 4.69) is 71.1 Å². The summed E-state index contributed by atoms with van der Waals surface area (Å²) in [6.07, 6.45) is 7.58. The predicted octanol–water partition coefficient (Wildman–Crippen LogP) is 9.11. The van der Waals surface area contributed by atoms with Crippen molar-refractivity contribution in [2.24, 2.45) is 0 Å². The quantitative estimate of drug-likeness (QED) is 0.0829. The second-order valence-corrected chi connectivity index (χ2v) is 11.0. The lowest BCUT2D eigenvalue weighted by molar-refractivity contribution is -0.384. The number of benzene rings is 3. The zero-order valence-corrected chi connectivity index (χ0v) is 26.3. The molecule has 2 heterocycles. The molecule has 5 rings (SSSR count). The van der Waals surface area contributed by atoms with Gasteiger partial charge in [-0.2, -0.15) is 0 Å². The molecule has 5 aromatic rings. The van der Waals surface area contributed by atoms with Crippen molar-refractivity contribution in [1.29, 1.82) is 0 Å². The van der Waals surface area contributed by atoms with E-state index >= 15 is 0 Å². The molecule has 0 aliphatic rings. The summed E-state index contributed by atoms with van der Waals surface area (Å²) in [7, 11) is 0. The molecule has 0 fully saturated rings. The normalized spacial score (nSPS) is 12.0. The molecule has 0 spiro atoms. The van der Waals surface area contributed by atoms with Crippen LogP contribution in [0.5, 0.6) is 0 Å². The van der Waals surface area contributed by atoms with E-state index < -0.39 is 0 Å². The lowest BCUT2D eigenvalue weighted by atomic mass is 9.89. The Hall–Kier alpha value is -5.30. The van der Waals surface area contributed by atoms with Crippen molar-refractivity contribution in [1.82, 2.24) is 19.1 Å². The van der Waals surface area contributed by atoms with E-state index in [0.29, 0.717) is 0 Å². The monoisotopic (exact) mass is 583 g/mol. The summed E-state index contributed by atoms with van der Waals surface area (Å²) in [5, 5.41) is 12.2. The van der Waals surface area contributed by atoms with Crippen molar-refractivity contribution in [3.8, 4) is 22.3 Å². The topological polar surface area (TPSA) is 74.9 Å². The first-order valence-corrected chi connectivity index (χ1v) is 14.7. The van der Waals surface area contributed by atoms with Gasteiger partial charge in [0.25, 0.3) is 5.69 Å². The standard InChI is InChI=1S/C37H37N5O2/c1-8-40(34-14-10-12-16-38-34)36-24(3)18-29(19-25(36)4)32-22-31(42(43)44)23-33(28(32)7)30-20-26(5)37(27(6)21-30)41(9-2)35-15-11-13-17-39-35/h8-23H,1-7H3/q+2. The number of aromatic nitrogens is 2. The summed E-state index contributed by atoms with van der Waals surface area (Å²) in [6.45, 7) is 14.3. The van der Waals surface area contributed by atoms with Crippen LogP contribution < -0.4 is 9.15 Å². The van der Waals surface area contributed by atoms with E-state index in [9.17, 15) is 10.1 Å². The molecule has 2 aromatic heterocycles. The number of hydrogen-bond donors (Lipinski definition) is 0. The van der Waals surface area contributed by atoms with Gasteiger partial charge < -0.3 is 0 Å². The molecule has 7 nitrogen and oxygen atoms in total. The lowest BCUT2D eigenvalue weighted by Gasteiger charge is -2.17. The molecule has 220 valence electrons. The maximum atomic E-state index is 12.2. The van der Waals surface area contributed by atoms with Crippen molar-refractivity contribution < 1.29 is 4.92 Å². The Balaban J connectivity index is 1.65. The summed E-state index contributed by atoms with van der Waals surface area (Å²) in [5.74, 6) is 1.67. The fourth-order valence-corrected chi connectivity index (χ4v) is 6.13. The molecular weight excluding hydrogens is 546 g/mol. The highest BCUT2D eigenvalue weighted by molar-refractivity contribution is 5.85. The van der Waals surface area contributed by atoms with Crippen LogP contribution in [0, 0.1) is 44.7 Å².